The van der Waals surface area contributed by atoms with E-state index in [1.807, 2.05) is 43.3 Å². The van der Waals surface area contributed by atoms with Gasteiger partial charge in [-0.2, -0.15) is 0 Å². The molecule has 0 radical (unpaired) electrons. The van der Waals surface area contributed by atoms with E-state index in [9.17, 15) is 0 Å². The first-order valence-electron chi connectivity index (χ1n) is 8.96. The Bertz CT molecular complexity index is 684. The van der Waals surface area contributed by atoms with Gasteiger partial charge in [-0.15, -0.1) is 0 Å². The molecule has 0 saturated heterocycles. The minimum absolute atomic E-state index is 0.142. The number of nitrogens with one attached hydrogen (secondary N) is 2. The van der Waals surface area contributed by atoms with Crippen molar-refractivity contribution in [3.8, 4) is 11.5 Å². The molecule has 0 aliphatic carbocycles. The average Bonchev–Trinajstić information content (AvgIpc) is 2.63. The maximum absolute atomic E-state index is 5.52. The average molecular weight is 373 g/mol. The third kappa shape index (κ3) is 6.23. The molecule has 0 heterocycles. The summed E-state index contributed by atoms with van der Waals surface area (Å²) in [5, 5.41) is 7.29. The van der Waals surface area contributed by atoms with Gasteiger partial charge >= 0.3 is 0 Å². The van der Waals surface area contributed by atoms with Crippen LogP contribution in [0.5, 0.6) is 11.5 Å². The van der Waals surface area contributed by atoms with Gasteiger partial charge in [-0.3, -0.25) is 0 Å². The summed E-state index contributed by atoms with van der Waals surface area (Å²) in [7, 11) is 1.68. The summed E-state index contributed by atoms with van der Waals surface area (Å²) in [6, 6.07) is 16.1. The van der Waals surface area contributed by atoms with Gasteiger partial charge in [-0.1, -0.05) is 26.0 Å². The summed E-state index contributed by atoms with van der Waals surface area (Å²) in [6.07, 6.45) is 0.984. The van der Waals surface area contributed by atoms with E-state index < -0.39 is 0 Å². The number of hydrogen-bond donors (Lipinski definition) is 2. The van der Waals surface area contributed by atoms with E-state index in [0.717, 1.165) is 23.6 Å². The molecule has 0 saturated carbocycles. The molecule has 2 aromatic rings. The molecule has 2 N–H and O–H groups in total. The second kappa shape index (κ2) is 10.0. The molecule has 5 heteroatoms. The fourth-order valence-corrected chi connectivity index (χ4v) is 2.97. The van der Waals surface area contributed by atoms with Gasteiger partial charge in [0.15, 0.2) is 5.11 Å². The molecule has 0 aliphatic heterocycles. The summed E-state index contributed by atoms with van der Waals surface area (Å²) in [6.45, 7) is 7.05. The largest absolute Gasteiger partial charge is 0.497 e. The van der Waals surface area contributed by atoms with Crippen molar-refractivity contribution in [3.63, 3.8) is 0 Å². The van der Waals surface area contributed by atoms with Crippen LogP contribution in [0.25, 0.3) is 0 Å². The van der Waals surface area contributed by atoms with Crippen LogP contribution in [0.2, 0.25) is 0 Å². The molecule has 0 amide bonds. The Morgan fingerprint density at radius 1 is 1.00 bits per heavy atom. The Kier molecular flexibility index (Phi) is 7.73. The Hall–Kier alpha value is -2.27. The lowest BCUT2D eigenvalue weighted by atomic mass is 9.97. The Labute approximate surface area is 161 Å². The van der Waals surface area contributed by atoms with Crippen LogP contribution < -0.4 is 20.1 Å². The van der Waals surface area contributed by atoms with Gasteiger partial charge in [-0.05, 0) is 73.4 Å². The Morgan fingerprint density at radius 2 is 1.62 bits per heavy atom. The highest BCUT2D eigenvalue weighted by molar-refractivity contribution is 7.80. The first kappa shape index (κ1) is 20.0. The summed E-state index contributed by atoms with van der Waals surface area (Å²) in [5.41, 5.74) is 2.12. The summed E-state index contributed by atoms with van der Waals surface area (Å²) in [4.78, 5) is 0. The number of methoxy groups -OCH3 is 1. The second-order valence-electron chi connectivity index (χ2n) is 6.51. The lowest BCUT2D eigenvalue weighted by Gasteiger charge is -2.23. The molecular weight excluding hydrogens is 344 g/mol. The predicted molar refractivity (Wildman–Crippen MR) is 112 cm³/mol. The van der Waals surface area contributed by atoms with Gasteiger partial charge in [0.05, 0.1) is 19.8 Å². The Balaban J connectivity index is 2.02. The van der Waals surface area contributed by atoms with Crippen LogP contribution in [-0.4, -0.2) is 18.8 Å². The first-order valence-corrected chi connectivity index (χ1v) is 9.37. The molecule has 0 aliphatic rings. The van der Waals surface area contributed by atoms with Gasteiger partial charge in [0.25, 0.3) is 0 Å². The van der Waals surface area contributed by atoms with E-state index in [2.05, 4.69) is 36.6 Å². The third-order valence-corrected chi connectivity index (χ3v) is 4.17. The lowest BCUT2D eigenvalue weighted by Crippen LogP contribution is -2.33. The highest BCUT2D eigenvalue weighted by atomic mass is 32.1. The maximum atomic E-state index is 5.52. The first-order chi connectivity index (χ1) is 12.5. The fourth-order valence-electron chi connectivity index (χ4n) is 2.71. The van der Waals surface area contributed by atoms with Crippen molar-refractivity contribution < 1.29 is 9.47 Å². The van der Waals surface area contributed by atoms with Crippen molar-refractivity contribution in [2.24, 2.45) is 5.92 Å². The van der Waals surface area contributed by atoms with Crippen molar-refractivity contribution in [1.29, 1.82) is 0 Å². The van der Waals surface area contributed by atoms with Crippen LogP contribution in [0.1, 0.15) is 38.8 Å². The molecule has 0 bridgehead atoms. The molecule has 0 fully saturated rings. The normalized spacial score (nSPS) is 11.7. The van der Waals surface area contributed by atoms with Gasteiger partial charge < -0.3 is 20.1 Å². The van der Waals surface area contributed by atoms with E-state index >= 15 is 0 Å². The van der Waals surface area contributed by atoms with E-state index in [0.29, 0.717) is 17.6 Å². The SMILES string of the molecule is CCOc1ccc(NC(=S)N[C@@H](CC(C)C)c2ccc(OC)cc2)cc1. The van der Waals surface area contributed by atoms with Crippen LogP contribution in [0, 0.1) is 5.92 Å². The number of rotatable bonds is 8. The molecule has 2 aromatic carbocycles. The molecule has 26 heavy (non-hydrogen) atoms. The third-order valence-electron chi connectivity index (χ3n) is 3.95. The summed E-state index contributed by atoms with van der Waals surface area (Å²) < 4.78 is 10.7. The Morgan fingerprint density at radius 3 is 2.15 bits per heavy atom. The summed E-state index contributed by atoms with van der Waals surface area (Å²) >= 11 is 5.52. The summed E-state index contributed by atoms with van der Waals surface area (Å²) in [5.74, 6) is 2.25. The van der Waals surface area contributed by atoms with Crippen LogP contribution in [0.3, 0.4) is 0 Å². The number of ether oxygens (including phenoxy) is 2. The molecular formula is C21H28N2O2S. The molecule has 1 atom stereocenters. The zero-order valence-corrected chi connectivity index (χ0v) is 16.7. The molecule has 4 nitrogen and oxygen atoms in total. The van der Waals surface area contributed by atoms with Crippen LogP contribution in [0.15, 0.2) is 48.5 Å². The lowest BCUT2D eigenvalue weighted by molar-refractivity contribution is 0.340. The zero-order valence-electron chi connectivity index (χ0n) is 15.9. The second-order valence-corrected chi connectivity index (χ2v) is 6.92. The maximum Gasteiger partial charge on any atom is 0.171 e. The van der Waals surface area contributed by atoms with Crippen LogP contribution >= 0.6 is 12.2 Å². The van der Waals surface area contributed by atoms with E-state index in [1.165, 1.54) is 5.56 Å². The van der Waals surface area contributed by atoms with Crippen molar-refractivity contribution in [2.45, 2.75) is 33.2 Å². The van der Waals surface area contributed by atoms with Crippen molar-refractivity contribution in [2.75, 3.05) is 19.0 Å². The smallest absolute Gasteiger partial charge is 0.171 e. The minimum atomic E-state index is 0.142. The highest BCUT2D eigenvalue weighted by Gasteiger charge is 2.15. The molecule has 140 valence electrons. The van der Waals surface area contributed by atoms with E-state index in [1.54, 1.807) is 7.11 Å². The molecule has 0 unspecified atom stereocenters. The zero-order chi connectivity index (χ0) is 18.9. The number of hydrogen-bond acceptors (Lipinski definition) is 3. The van der Waals surface area contributed by atoms with Crippen molar-refractivity contribution in [3.05, 3.63) is 54.1 Å². The van der Waals surface area contributed by atoms with Gasteiger partial charge in [0, 0.05) is 5.69 Å². The topological polar surface area (TPSA) is 42.5 Å². The van der Waals surface area contributed by atoms with Gasteiger partial charge in [-0.25, -0.2) is 0 Å². The number of thiocarbonyl (C=S) groups is 1. The van der Waals surface area contributed by atoms with Crippen LogP contribution in [-0.2, 0) is 0 Å². The molecule has 0 spiro atoms. The minimum Gasteiger partial charge on any atom is -0.497 e. The number of benzene rings is 2. The van der Waals surface area contributed by atoms with Crippen molar-refractivity contribution >= 4 is 23.0 Å². The fraction of sp³-hybridized carbons (Fsp3) is 0.381. The van der Waals surface area contributed by atoms with Crippen molar-refractivity contribution in [1.82, 2.24) is 5.32 Å². The van der Waals surface area contributed by atoms with Gasteiger partial charge in [0.2, 0.25) is 0 Å². The monoisotopic (exact) mass is 372 g/mol. The molecule has 0 aromatic heterocycles. The molecule has 2 rings (SSSR count). The predicted octanol–water partition coefficient (Wildman–Crippen LogP) is 5.17. The van der Waals surface area contributed by atoms with Crippen LogP contribution in [0.4, 0.5) is 5.69 Å². The quantitative estimate of drug-likeness (QED) is 0.626. The van der Waals surface area contributed by atoms with Gasteiger partial charge in [0.1, 0.15) is 11.5 Å². The highest BCUT2D eigenvalue weighted by Crippen LogP contribution is 2.24. The standard InChI is InChI=1S/C21H28N2O2S/c1-5-25-19-12-8-17(9-13-19)22-21(26)23-20(14-15(2)3)16-6-10-18(24-4)11-7-16/h6-13,15,20H,5,14H2,1-4H3,(H2,22,23,26)/t20-/m0/s1. The van der Waals surface area contributed by atoms with E-state index in [4.69, 9.17) is 21.7 Å². The van der Waals surface area contributed by atoms with E-state index in [-0.39, 0.29) is 6.04 Å². The number of anilines is 1.